The molecule has 4 nitrogen and oxygen atoms in total. The summed E-state index contributed by atoms with van der Waals surface area (Å²) in [5, 5.41) is 5.75. The molecule has 0 saturated heterocycles. The van der Waals surface area contributed by atoms with Gasteiger partial charge in [-0.05, 0) is 54.8 Å². The molecule has 1 aliphatic carbocycles. The summed E-state index contributed by atoms with van der Waals surface area (Å²) in [5.41, 5.74) is 1.40. The Kier molecular flexibility index (Phi) is 5.07. The molecule has 3 rings (SSSR count). The summed E-state index contributed by atoms with van der Waals surface area (Å²) in [6, 6.07) is 13.3. The molecule has 0 aliphatic heterocycles. The van der Waals surface area contributed by atoms with E-state index in [1.54, 1.807) is 30.3 Å². The van der Waals surface area contributed by atoms with Crippen LogP contribution in [0.2, 0.25) is 0 Å². The van der Waals surface area contributed by atoms with Crippen molar-refractivity contribution in [1.29, 1.82) is 0 Å². The fourth-order valence-electron chi connectivity index (χ4n) is 3.14. The minimum atomic E-state index is -0.660. The molecule has 0 heterocycles. The monoisotopic (exact) mass is 354 g/mol. The number of hydrogen-bond donors (Lipinski definition) is 2. The summed E-state index contributed by atoms with van der Waals surface area (Å²) in [5.74, 6) is -0.597. The number of halogens is 1. The molecule has 2 aromatic rings. The average molecular weight is 354 g/mol. The normalized spacial score (nSPS) is 15.2. The third-order valence-corrected chi connectivity index (χ3v) is 4.95. The molecule has 136 valence electrons. The Balaban J connectivity index is 1.72. The number of anilines is 2. The smallest absolute Gasteiger partial charge is 0.235 e. The largest absolute Gasteiger partial charge is 0.326 e. The summed E-state index contributed by atoms with van der Waals surface area (Å²) in [4.78, 5) is 24.6. The van der Waals surface area contributed by atoms with Gasteiger partial charge in [0.2, 0.25) is 11.8 Å². The Bertz CT molecular complexity index is 811. The second-order valence-corrected chi connectivity index (χ2v) is 7.12. The van der Waals surface area contributed by atoms with Crippen molar-refractivity contribution in [2.45, 2.75) is 38.5 Å². The third kappa shape index (κ3) is 3.62. The molecule has 0 radical (unpaired) electrons. The van der Waals surface area contributed by atoms with Gasteiger partial charge in [0.15, 0.2) is 0 Å². The molecular weight excluding hydrogens is 331 g/mol. The topological polar surface area (TPSA) is 58.2 Å². The van der Waals surface area contributed by atoms with Gasteiger partial charge in [-0.25, -0.2) is 4.39 Å². The molecule has 0 bridgehead atoms. The van der Waals surface area contributed by atoms with Gasteiger partial charge in [-0.15, -0.1) is 0 Å². The van der Waals surface area contributed by atoms with E-state index >= 15 is 0 Å². The van der Waals surface area contributed by atoms with Gasteiger partial charge >= 0.3 is 0 Å². The van der Waals surface area contributed by atoms with Gasteiger partial charge in [0, 0.05) is 17.3 Å². The summed E-state index contributed by atoms with van der Waals surface area (Å²) >= 11 is 0. The Labute approximate surface area is 152 Å². The van der Waals surface area contributed by atoms with Gasteiger partial charge in [0.05, 0.1) is 5.41 Å². The van der Waals surface area contributed by atoms with Crippen molar-refractivity contribution in [3.63, 3.8) is 0 Å². The molecule has 2 amide bonds. The zero-order valence-electron chi connectivity index (χ0n) is 15.0. The van der Waals surface area contributed by atoms with Crippen molar-refractivity contribution in [2.24, 2.45) is 5.92 Å². The molecule has 0 atom stereocenters. The van der Waals surface area contributed by atoms with Crippen LogP contribution < -0.4 is 10.6 Å². The summed E-state index contributed by atoms with van der Waals surface area (Å²) in [6.45, 7) is 3.66. The van der Waals surface area contributed by atoms with Crippen LogP contribution in [0.25, 0.3) is 0 Å². The molecule has 0 unspecified atom stereocenters. The lowest BCUT2D eigenvalue weighted by Gasteiger charge is -2.40. The highest BCUT2D eigenvalue weighted by molar-refractivity contribution is 6.00. The lowest BCUT2D eigenvalue weighted by atomic mass is 9.63. The van der Waals surface area contributed by atoms with E-state index in [9.17, 15) is 14.0 Å². The first kappa shape index (κ1) is 18.1. The van der Waals surface area contributed by atoms with Crippen LogP contribution in [0.4, 0.5) is 15.8 Å². The van der Waals surface area contributed by atoms with Gasteiger partial charge in [-0.2, -0.15) is 0 Å². The van der Waals surface area contributed by atoms with E-state index in [4.69, 9.17) is 0 Å². The zero-order chi connectivity index (χ0) is 18.7. The van der Waals surface area contributed by atoms with Crippen LogP contribution in [0.1, 0.15) is 38.7 Å². The standard InChI is InChI=1S/C21H23FN2O2/c1-14(2)19(25)23-17-7-9-18(10-8-17)24-20(26)21(11-4-12-21)15-5-3-6-16(22)13-15/h3,5-10,13-14H,4,11-12H2,1-2H3,(H,23,25)(H,24,26). The SMILES string of the molecule is CC(C)C(=O)Nc1ccc(NC(=O)C2(c3cccc(F)c3)CCC2)cc1. The first-order chi connectivity index (χ1) is 12.4. The Morgan fingerprint density at radius 1 is 1.00 bits per heavy atom. The van der Waals surface area contributed by atoms with Gasteiger partial charge in [-0.1, -0.05) is 32.4 Å². The molecule has 1 aliphatic rings. The van der Waals surface area contributed by atoms with Crippen molar-refractivity contribution >= 4 is 23.2 Å². The van der Waals surface area contributed by atoms with Crippen LogP contribution >= 0.6 is 0 Å². The van der Waals surface area contributed by atoms with Gasteiger partial charge in [0.25, 0.3) is 0 Å². The van der Waals surface area contributed by atoms with Gasteiger partial charge < -0.3 is 10.6 Å². The van der Waals surface area contributed by atoms with Crippen molar-refractivity contribution < 1.29 is 14.0 Å². The number of nitrogens with one attached hydrogen (secondary N) is 2. The van der Waals surface area contributed by atoms with Crippen LogP contribution in [-0.4, -0.2) is 11.8 Å². The van der Waals surface area contributed by atoms with Crippen LogP contribution in [0.15, 0.2) is 48.5 Å². The molecule has 1 saturated carbocycles. The number of amides is 2. The van der Waals surface area contributed by atoms with Crippen molar-refractivity contribution in [3.05, 3.63) is 59.9 Å². The maximum absolute atomic E-state index is 13.6. The Morgan fingerprint density at radius 2 is 1.62 bits per heavy atom. The molecule has 2 N–H and O–H groups in total. The summed E-state index contributed by atoms with van der Waals surface area (Å²) < 4.78 is 13.6. The lowest BCUT2D eigenvalue weighted by molar-refractivity contribution is -0.124. The summed E-state index contributed by atoms with van der Waals surface area (Å²) in [7, 11) is 0. The molecular formula is C21H23FN2O2. The predicted molar refractivity (Wildman–Crippen MR) is 100 cm³/mol. The number of carbonyl (C=O) groups excluding carboxylic acids is 2. The third-order valence-electron chi connectivity index (χ3n) is 4.95. The maximum Gasteiger partial charge on any atom is 0.235 e. The molecule has 0 spiro atoms. The number of carbonyl (C=O) groups is 2. The first-order valence-electron chi connectivity index (χ1n) is 8.89. The van der Waals surface area contributed by atoms with E-state index in [2.05, 4.69) is 10.6 Å². The first-order valence-corrected chi connectivity index (χ1v) is 8.89. The highest BCUT2D eigenvalue weighted by Crippen LogP contribution is 2.44. The van der Waals surface area contributed by atoms with Crippen LogP contribution in [0, 0.1) is 11.7 Å². The average Bonchev–Trinajstić information content (AvgIpc) is 2.55. The fourth-order valence-corrected chi connectivity index (χ4v) is 3.14. The second-order valence-electron chi connectivity index (χ2n) is 7.12. The fraction of sp³-hybridized carbons (Fsp3) is 0.333. The van der Waals surface area contributed by atoms with Crippen molar-refractivity contribution in [2.75, 3.05) is 10.6 Å². The van der Waals surface area contributed by atoms with E-state index in [-0.39, 0.29) is 23.5 Å². The van der Waals surface area contributed by atoms with Crippen molar-refractivity contribution in [1.82, 2.24) is 0 Å². The molecule has 26 heavy (non-hydrogen) atoms. The number of rotatable bonds is 5. The zero-order valence-corrected chi connectivity index (χ0v) is 15.0. The maximum atomic E-state index is 13.6. The van der Waals surface area contributed by atoms with Crippen molar-refractivity contribution in [3.8, 4) is 0 Å². The van der Waals surface area contributed by atoms with E-state index in [0.717, 1.165) is 12.0 Å². The predicted octanol–water partition coefficient (Wildman–Crippen LogP) is 4.48. The van der Waals surface area contributed by atoms with Gasteiger partial charge in [-0.3, -0.25) is 9.59 Å². The minimum Gasteiger partial charge on any atom is -0.326 e. The van der Waals surface area contributed by atoms with Crippen LogP contribution in [-0.2, 0) is 15.0 Å². The molecule has 2 aromatic carbocycles. The molecule has 1 fully saturated rings. The Hall–Kier alpha value is -2.69. The lowest BCUT2D eigenvalue weighted by Crippen LogP contribution is -2.46. The number of benzene rings is 2. The molecule has 5 heteroatoms. The quantitative estimate of drug-likeness (QED) is 0.832. The van der Waals surface area contributed by atoms with E-state index < -0.39 is 5.41 Å². The van der Waals surface area contributed by atoms with E-state index in [1.165, 1.54) is 12.1 Å². The van der Waals surface area contributed by atoms with Gasteiger partial charge in [0.1, 0.15) is 5.82 Å². The van der Waals surface area contributed by atoms with E-state index in [1.807, 2.05) is 19.9 Å². The molecule has 0 aromatic heterocycles. The highest BCUT2D eigenvalue weighted by Gasteiger charge is 2.45. The number of hydrogen-bond acceptors (Lipinski definition) is 2. The Morgan fingerprint density at radius 3 is 2.12 bits per heavy atom. The highest BCUT2D eigenvalue weighted by atomic mass is 19.1. The second kappa shape index (κ2) is 7.28. The minimum absolute atomic E-state index is 0.0543. The van der Waals surface area contributed by atoms with Crippen LogP contribution in [0.5, 0.6) is 0 Å². The summed E-state index contributed by atoms with van der Waals surface area (Å²) in [6.07, 6.45) is 2.37. The van der Waals surface area contributed by atoms with Crippen LogP contribution in [0.3, 0.4) is 0 Å². The van der Waals surface area contributed by atoms with E-state index in [0.29, 0.717) is 24.2 Å².